The SMILES string of the molecule is C[C](CO)c1cc(Cl)ccc1[N+](=O)[O-]. The Morgan fingerprint density at radius 2 is 2.29 bits per heavy atom. The van der Waals surface area contributed by atoms with Gasteiger partial charge in [-0.05, 0) is 12.1 Å². The van der Waals surface area contributed by atoms with Crippen LogP contribution in [-0.2, 0) is 0 Å². The molecule has 4 nitrogen and oxygen atoms in total. The Balaban J connectivity index is 3.22. The van der Waals surface area contributed by atoms with Crippen molar-refractivity contribution in [2.75, 3.05) is 6.61 Å². The van der Waals surface area contributed by atoms with Crippen molar-refractivity contribution < 1.29 is 10.0 Å². The van der Waals surface area contributed by atoms with Gasteiger partial charge in [0.25, 0.3) is 5.69 Å². The molecule has 0 saturated carbocycles. The van der Waals surface area contributed by atoms with Gasteiger partial charge in [-0.25, -0.2) is 0 Å². The quantitative estimate of drug-likeness (QED) is 0.620. The first-order valence-electron chi connectivity index (χ1n) is 3.94. The van der Waals surface area contributed by atoms with Crippen molar-refractivity contribution in [2.24, 2.45) is 0 Å². The van der Waals surface area contributed by atoms with E-state index in [0.717, 1.165) is 0 Å². The summed E-state index contributed by atoms with van der Waals surface area (Å²) in [5.74, 6) is 0.527. The van der Waals surface area contributed by atoms with Crippen LogP contribution in [0.2, 0.25) is 5.02 Å². The molecule has 0 spiro atoms. The largest absolute Gasteiger partial charge is 0.395 e. The zero-order valence-corrected chi connectivity index (χ0v) is 8.28. The van der Waals surface area contributed by atoms with Gasteiger partial charge >= 0.3 is 0 Å². The van der Waals surface area contributed by atoms with E-state index < -0.39 is 4.92 Å². The molecule has 0 aliphatic rings. The van der Waals surface area contributed by atoms with Crippen LogP contribution in [0.4, 0.5) is 5.69 Å². The summed E-state index contributed by atoms with van der Waals surface area (Å²) >= 11 is 5.70. The number of nitrogens with zero attached hydrogens (tertiary/aromatic N) is 1. The molecule has 0 fully saturated rings. The van der Waals surface area contributed by atoms with Crippen LogP contribution in [0.5, 0.6) is 0 Å². The van der Waals surface area contributed by atoms with E-state index in [0.29, 0.717) is 16.5 Å². The molecule has 0 heterocycles. The number of nitro groups is 1. The molecule has 0 amide bonds. The summed E-state index contributed by atoms with van der Waals surface area (Å²) in [5.41, 5.74) is 0.339. The lowest BCUT2D eigenvalue weighted by Crippen LogP contribution is -2.04. The van der Waals surface area contributed by atoms with Crippen LogP contribution in [0.25, 0.3) is 0 Å². The molecule has 1 aromatic carbocycles. The average Bonchev–Trinajstić information content (AvgIpc) is 2.16. The summed E-state index contributed by atoms with van der Waals surface area (Å²) in [7, 11) is 0. The predicted octanol–water partition coefficient (Wildman–Crippen LogP) is 2.18. The van der Waals surface area contributed by atoms with E-state index in [1.807, 2.05) is 0 Å². The summed E-state index contributed by atoms with van der Waals surface area (Å²) < 4.78 is 0. The first-order valence-corrected chi connectivity index (χ1v) is 4.31. The maximum absolute atomic E-state index is 10.6. The van der Waals surface area contributed by atoms with Crippen LogP contribution in [-0.4, -0.2) is 16.6 Å². The maximum Gasteiger partial charge on any atom is 0.273 e. The smallest absolute Gasteiger partial charge is 0.273 e. The van der Waals surface area contributed by atoms with E-state index in [9.17, 15) is 10.1 Å². The Morgan fingerprint density at radius 1 is 1.64 bits per heavy atom. The number of hydrogen-bond acceptors (Lipinski definition) is 3. The van der Waals surface area contributed by atoms with Crippen LogP contribution in [0.1, 0.15) is 12.5 Å². The minimum absolute atomic E-state index is 0.0408. The molecule has 1 aromatic rings. The third kappa shape index (κ3) is 2.21. The fraction of sp³-hybridized carbons (Fsp3) is 0.222. The van der Waals surface area contributed by atoms with Gasteiger partial charge in [-0.3, -0.25) is 10.1 Å². The first-order chi connectivity index (χ1) is 6.56. The first kappa shape index (κ1) is 10.9. The van der Waals surface area contributed by atoms with Gasteiger partial charge in [0, 0.05) is 22.6 Å². The number of aliphatic hydroxyl groups excluding tert-OH is 1. The van der Waals surface area contributed by atoms with E-state index in [4.69, 9.17) is 16.7 Å². The molecule has 14 heavy (non-hydrogen) atoms. The van der Waals surface area contributed by atoms with Crippen LogP contribution >= 0.6 is 11.6 Å². The van der Waals surface area contributed by atoms with Crippen molar-refractivity contribution >= 4 is 17.3 Å². The lowest BCUT2D eigenvalue weighted by atomic mass is 10.0. The van der Waals surface area contributed by atoms with Crippen molar-refractivity contribution in [1.29, 1.82) is 0 Å². The summed E-state index contributed by atoms with van der Waals surface area (Å²) in [6.45, 7) is 1.40. The van der Waals surface area contributed by atoms with Gasteiger partial charge in [0.05, 0.1) is 11.5 Å². The Bertz CT molecular complexity index is 354. The van der Waals surface area contributed by atoms with Gasteiger partial charge in [0.2, 0.25) is 0 Å². The van der Waals surface area contributed by atoms with Gasteiger partial charge in [0.1, 0.15) is 0 Å². The minimum Gasteiger partial charge on any atom is -0.395 e. The zero-order chi connectivity index (χ0) is 10.7. The number of aliphatic hydroxyl groups is 1. The number of rotatable bonds is 3. The highest BCUT2D eigenvalue weighted by Crippen LogP contribution is 2.28. The lowest BCUT2D eigenvalue weighted by Gasteiger charge is -2.08. The Morgan fingerprint density at radius 3 is 2.79 bits per heavy atom. The van der Waals surface area contributed by atoms with E-state index in [1.165, 1.54) is 18.2 Å². The van der Waals surface area contributed by atoms with Crippen LogP contribution in [0.15, 0.2) is 18.2 Å². The Hall–Kier alpha value is -1.13. The highest BCUT2D eigenvalue weighted by atomic mass is 35.5. The molecule has 0 saturated heterocycles. The molecule has 1 radical (unpaired) electrons. The van der Waals surface area contributed by atoms with E-state index in [1.54, 1.807) is 6.92 Å². The molecule has 0 bridgehead atoms. The third-order valence-electron chi connectivity index (χ3n) is 1.85. The van der Waals surface area contributed by atoms with Crippen molar-refractivity contribution in [1.82, 2.24) is 0 Å². The summed E-state index contributed by atoms with van der Waals surface area (Å²) in [4.78, 5) is 10.1. The highest BCUT2D eigenvalue weighted by Gasteiger charge is 2.18. The normalized spacial score (nSPS) is 10.6. The third-order valence-corrected chi connectivity index (χ3v) is 2.09. The second kappa shape index (κ2) is 4.39. The van der Waals surface area contributed by atoms with Crippen LogP contribution in [0, 0.1) is 16.0 Å². The highest BCUT2D eigenvalue weighted by molar-refractivity contribution is 6.30. The zero-order valence-electron chi connectivity index (χ0n) is 7.53. The standard InChI is InChI=1S/C9H9ClNO3/c1-6(5-12)8-4-7(10)2-3-9(8)11(13)14/h2-4,12H,5H2,1H3. The fourth-order valence-corrected chi connectivity index (χ4v) is 1.27. The van der Waals surface area contributed by atoms with Gasteiger partial charge in [0.15, 0.2) is 0 Å². The van der Waals surface area contributed by atoms with E-state index >= 15 is 0 Å². The molecule has 0 aliphatic carbocycles. The maximum atomic E-state index is 10.6. The second-order valence-electron chi connectivity index (χ2n) is 2.86. The lowest BCUT2D eigenvalue weighted by molar-refractivity contribution is -0.385. The van der Waals surface area contributed by atoms with Gasteiger partial charge in [-0.1, -0.05) is 18.5 Å². The molecule has 75 valence electrons. The van der Waals surface area contributed by atoms with Gasteiger partial charge < -0.3 is 5.11 Å². The summed E-state index contributed by atoms with van der Waals surface area (Å²) in [6, 6.07) is 4.26. The monoisotopic (exact) mass is 214 g/mol. The Labute approximate surface area is 86.3 Å². The molecule has 0 unspecified atom stereocenters. The summed E-state index contributed by atoms with van der Waals surface area (Å²) in [5, 5.41) is 19.9. The minimum atomic E-state index is -0.495. The van der Waals surface area contributed by atoms with Crippen LogP contribution < -0.4 is 0 Å². The van der Waals surface area contributed by atoms with E-state index in [-0.39, 0.29) is 12.3 Å². The fourth-order valence-electron chi connectivity index (χ4n) is 1.09. The topological polar surface area (TPSA) is 63.4 Å². The van der Waals surface area contributed by atoms with Crippen molar-refractivity contribution in [3.63, 3.8) is 0 Å². The van der Waals surface area contributed by atoms with Crippen molar-refractivity contribution in [3.8, 4) is 0 Å². The Kier molecular flexibility index (Phi) is 3.43. The molecular weight excluding hydrogens is 206 g/mol. The number of benzene rings is 1. The van der Waals surface area contributed by atoms with E-state index in [2.05, 4.69) is 0 Å². The second-order valence-corrected chi connectivity index (χ2v) is 3.29. The average molecular weight is 215 g/mol. The molecule has 0 aromatic heterocycles. The number of halogens is 1. The number of hydrogen-bond donors (Lipinski definition) is 1. The van der Waals surface area contributed by atoms with Crippen LogP contribution in [0.3, 0.4) is 0 Å². The molecule has 0 aliphatic heterocycles. The van der Waals surface area contributed by atoms with Crippen molar-refractivity contribution in [2.45, 2.75) is 6.92 Å². The van der Waals surface area contributed by atoms with Gasteiger partial charge in [-0.2, -0.15) is 0 Å². The summed E-state index contributed by atoms with van der Waals surface area (Å²) in [6.07, 6.45) is 0. The molecule has 1 N–H and O–H groups in total. The molecule has 0 atom stereocenters. The molecule has 1 rings (SSSR count). The predicted molar refractivity (Wildman–Crippen MR) is 53.2 cm³/mol. The molecule has 5 heteroatoms. The van der Waals surface area contributed by atoms with Crippen molar-refractivity contribution in [3.05, 3.63) is 44.8 Å². The van der Waals surface area contributed by atoms with Gasteiger partial charge in [-0.15, -0.1) is 0 Å². The number of nitro benzene ring substituents is 1. The molecular formula is C9H9ClNO3.